The molecule has 3 aromatic rings. The summed E-state index contributed by atoms with van der Waals surface area (Å²) in [6, 6.07) is 21.5. The Balaban J connectivity index is 1.57. The largest absolute Gasteiger partial charge is 0.327 e. The lowest BCUT2D eigenvalue weighted by atomic mass is 9.99. The molecule has 3 nitrogen and oxygen atoms in total. The zero-order valence-electron chi connectivity index (χ0n) is 16.4. The molecule has 1 aliphatic heterocycles. The highest BCUT2D eigenvalue weighted by atomic mass is 15.2. The molecule has 2 heterocycles. The van der Waals surface area contributed by atoms with Gasteiger partial charge in [-0.15, -0.1) is 0 Å². The minimum absolute atomic E-state index is 0.545. The number of aromatic nitrogens is 2. The van der Waals surface area contributed by atoms with Crippen LogP contribution in [-0.4, -0.2) is 27.5 Å². The van der Waals surface area contributed by atoms with Gasteiger partial charge < -0.3 is 4.57 Å². The van der Waals surface area contributed by atoms with E-state index in [0.29, 0.717) is 5.92 Å². The molecule has 0 radical (unpaired) electrons. The smallest absolute Gasteiger partial charge is 0.140 e. The molecule has 1 aliphatic rings. The molecule has 0 bridgehead atoms. The normalized spacial score (nSPS) is 15.5. The number of nitrogens with zero attached hydrogens (tertiary/aromatic N) is 3. The first-order valence-corrected chi connectivity index (χ1v) is 10.2. The lowest BCUT2D eigenvalue weighted by molar-refractivity contribution is 0.234. The second kappa shape index (κ2) is 8.10. The van der Waals surface area contributed by atoms with E-state index < -0.39 is 0 Å². The van der Waals surface area contributed by atoms with Crippen molar-refractivity contribution in [2.75, 3.05) is 13.1 Å². The van der Waals surface area contributed by atoms with Gasteiger partial charge in [-0.05, 0) is 17.9 Å². The van der Waals surface area contributed by atoms with Crippen molar-refractivity contribution < 1.29 is 0 Å². The van der Waals surface area contributed by atoms with Gasteiger partial charge in [-0.1, -0.05) is 74.5 Å². The van der Waals surface area contributed by atoms with Gasteiger partial charge in [-0.3, -0.25) is 4.90 Å². The van der Waals surface area contributed by atoms with Crippen molar-refractivity contribution in [3.63, 3.8) is 0 Å². The Morgan fingerprint density at radius 1 is 1.00 bits per heavy atom. The fraction of sp³-hybridized carbons (Fsp3) is 0.375. The van der Waals surface area contributed by atoms with Gasteiger partial charge in [0, 0.05) is 38.2 Å². The lowest BCUT2D eigenvalue weighted by Crippen LogP contribution is -2.34. The van der Waals surface area contributed by atoms with Crippen molar-refractivity contribution >= 4 is 0 Å². The van der Waals surface area contributed by atoms with Gasteiger partial charge >= 0.3 is 0 Å². The van der Waals surface area contributed by atoms with Crippen LogP contribution >= 0.6 is 0 Å². The Kier molecular flexibility index (Phi) is 5.40. The van der Waals surface area contributed by atoms with E-state index in [2.05, 4.69) is 84.0 Å². The highest BCUT2D eigenvalue weighted by Gasteiger charge is 2.25. The zero-order valence-corrected chi connectivity index (χ0v) is 16.4. The van der Waals surface area contributed by atoms with E-state index in [-0.39, 0.29) is 0 Å². The first kappa shape index (κ1) is 18.0. The molecule has 0 saturated heterocycles. The maximum Gasteiger partial charge on any atom is 0.140 e. The molecular weight excluding hydrogens is 330 g/mol. The molecule has 0 saturated carbocycles. The van der Waals surface area contributed by atoms with Crippen molar-refractivity contribution in [2.45, 2.75) is 45.7 Å². The van der Waals surface area contributed by atoms with Crippen LogP contribution in [0.3, 0.4) is 0 Å². The Morgan fingerprint density at radius 3 is 2.41 bits per heavy atom. The topological polar surface area (TPSA) is 21.1 Å². The summed E-state index contributed by atoms with van der Waals surface area (Å²) < 4.78 is 2.46. The Morgan fingerprint density at radius 2 is 1.70 bits per heavy atom. The van der Waals surface area contributed by atoms with Crippen LogP contribution in [0.5, 0.6) is 0 Å². The summed E-state index contributed by atoms with van der Waals surface area (Å²) in [5.41, 5.74) is 5.37. The van der Waals surface area contributed by atoms with E-state index in [0.717, 1.165) is 44.8 Å². The summed E-state index contributed by atoms with van der Waals surface area (Å²) in [6.07, 6.45) is 2.18. The predicted octanol–water partition coefficient (Wildman–Crippen LogP) is 5.12. The van der Waals surface area contributed by atoms with Gasteiger partial charge in [-0.2, -0.15) is 0 Å². The van der Waals surface area contributed by atoms with Crippen LogP contribution in [0.2, 0.25) is 0 Å². The number of benzene rings is 2. The van der Waals surface area contributed by atoms with E-state index in [1.165, 1.54) is 22.5 Å². The van der Waals surface area contributed by atoms with Crippen LogP contribution in [-0.2, 0) is 19.5 Å². The number of hydrogen-bond donors (Lipinski definition) is 0. The molecule has 27 heavy (non-hydrogen) atoms. The molecule has 0 spiro atoms. The predicted molar refractivity (Wildman–Crippen MR) is 112 cm³/mol. The van der Waals surface area contributed by atoms with Crippen molar-refractivity contribution in [3.05, 3.63) is 77.6 Å². The average molecular weight is 360 g/mol. The molecule has 1 unspecified atom stereocenters. The maximum atomic E-state index is 5.05. The first-order chi connectivity index (χ1) is 13.3. The maximum absolute atomic E-state index is 5.05. The highest BCUT2D eigenvalue weighted by molar-refractivity contribution is 5.57. The fourth-order valence-corrected chi connectivity index (χ4v) is 4.17. The molecule has 140 valence electrons. The number of hydrogen-bond acceptors (Lipinski definition) is 2. The number of imidazole rings is 1. The molecule has 1 aromatic heterocycles. The third-order valence-corrected chi connectivity index (χ3v) is 5.57. The molecule has 0 amide bonds. The number of fused-ring (bicyclic) bond motifs is 1. The van der Waals surface area contributed by atoms with E-state index in [9.17, 15) is 0 Å². The molecule has 0 aliphatic carbocycles. The first-order valence-electron chi connectivity index (χ1n) is 10.2. The minimum Gasteiger partial charge on any atom is -0.327 e. The van der Waals surface area contributed by atoms with Crippen molar-refractivity contribution in [2.24, 2.45) is 0 Å². The van der Waals surface area contributed by atoms with Crippen molar-refractivity contribution in [1.82, 2.24) is 14.5 Å². The molecular formula is C24H29N3. The van der Waals surface area contributed by atoms with Gasteiger partial charge in [-0.25, -0.2) is 4.98 Å². The minimum atomic E-state index is 0.545. The zero-order chi connectivity index (χ0) is 18.6. The Bertz CT molecular complexity index is 867. The van der Waals surface area contributed by atoms with Crippen LogP contribution in [0.25, 0.3) is 11.4 Å². The van der Waals surface area contributed by atoms with Crippen LogP contribution in [0.1, 0.15) is 43.1 Å². The standard InChI is InChI=1S/C24H29N3/c1-3-15-27-23-18-26(17-19(2)20-10-6-4-7-11-20)16-14-22(23)25-24(27)21-12-8-5-9-13-21/h4-13,19H,3,14-18H2,1-2H3. The highest BCUT2D eigenvalue weighted by Crippen LogP contribution is 2.28. The summed E-state index contributed by atoms with van der Waals surface area (Å²) in [7, 11) is 0. The van der Waals surface area contributed by atoms with E-state index in [4.69, 9.17) is 4.98 Å². The van der Waals surface area contributed by atoms with Gasteiger partial charge in [0.25, 0.3) is 0 Å². The lowest BCUT2D eigenvalue weighted by Gasteiger charge is -2.30. The average Bonchev–Trinajstić information content (AvgIpc) is 3.07. The molecule has 2 aromatic carbocycles. The van der Waals surface area contributed by atoms with Gasteiger partial charge in [0.1, 0.15) is 5.82 Å². The van der Waals surface area contributed by atoms with Crippen LogP contribution < -0.4 is 0 Å². The van der Waals surface area contributed by atoms with Crippen molar-refractivity contribution in [3.8, 4) is 11.4 Å². The third kappa shape index (κ3) is 3.84. The molecule has 0 fully saturated rings. The summed E-state index contributed by atoms with van der Waals surface area (Å²) in [5.74, 6) is 1.68. The van der Waals surface area contributed by atoms with Gasteiger partial charge in [0.2, 0.25) is 0 Å². The summed E-state index contributed by atoms with van der Waals surface area (Å²) in [6.45, 7) is 8.83. The van der Waals surface area contributed by atoms with Crippen LogP contribution in [0.15, 0.2) is 60.7 Å². The van der Waals surface area contributed by atoms with Gasteiger partial charge in [0.05, 0.1) is 11.4 Å². The second-order valence-electron chi connectivity index (χ2n) is 7.64. The second-order valence-corrected chi connectivity index (χ2v) is 7.64. The summed E-state index contributed by atoms with van der Waals surface area (Å²) in [5, 5.41) is 0. The molecule has 3 heteroatoms. The SMILES string of the molecule is CCCn1c(-c2ccccc2)nc2c1CN(CC(C)c1ccccc1)CC2. The Labute approximate surface area is 162 Å². The third-order valence-electron chi connectivity index (χ3n) is 5.57. The van der Waals surface area contributed by atoms with Crippen molar-refractivity contribution in [1.29, 1.82) is 0 Å². The summed E-state index contributed by atoms with van der Waals surface area (Å²) >= 11 is 0. The van der Waals surface area contributed by atoms with E-state index >= 15 is 0 Å². The van der Waals surface area contributed by atoms with E-state index in [1.54, 1.807) is 0 Å². The monoisotopic (exact) mass is 359 g/mol. The van der Waals surface area contributed by atoms with Crippen LogP contribution in [0.4, 0.5) is 0 Å². The fourth-order valence-electron chi connectivity index (χ4n) is 4.17. The Hall–Kier alpha value is -2.39. The quantitative estimate of drug-likeness (QED) is 0.609. The number of rotatable bonds is 6. The van der Waals surface area contributed by atoms with E-state index in [1.807, 2.05) is 0 Å². The van der Waals surface area contributed by atoms with Gasteiger partial charge in [0.15, 0.2) is 0 Å². The summed E-state index contributed by atoms with van der Waals surface area (Å²) in [4.78, 5) is 7.65. The molecule has 0 N–H and O–H groups in total. The molecule has 1 atom stereocenters. The molecule has 4 rings (SSSR count). The van der Waals surface area contributed by atoms with Crippen LogP contribution in [0, 0.1) is 0 Å².